The van der Waals surface area contributed by atoms with Crippen molar-refractivity contribution in [2.75, 3.05) is 6.54 Å². The molecular formula is C17H22N2S. The summed E-state index contributed by atoms with van der Waals surface area (Å²) in [6, 6.07) is 7.04. The Morgan fingerprint density at radius 3 is 2.95 bits per heavy atom. The summed E-state index contributed by atoms with van der Waals surface area (Å²) < 4.78 is 0. The molecule has 2 aromatic rings. The molecule has 3 rings (SSSR count). The first-order valence-corrected chi connectivity index (χ1v) is 8.37. The second kappa shape index (κ2) is 6.06. The number of rotatable bonds is 5. The number of thiophene rings is 1. The van der Waals surface area contributed by atoms with E-state index in [9.17, 15) is 0 Å². The number of nitrogens with one attached hydrogen (secondary N) is 1. The first-order chi connectivity index (χ1) is 9.78. The van der Waals surface area contributed by atoms with Crippen LogP contribution in [0.1, 0.15) is 52.4 Å². The molecular weight excluding hydrogens is 264 g/mol. The van der Waals surface area contributed by atoms with Gasteiger partial charge in [0, 0.05) is 21.6 Å². The molecule has 1 unspecified atom stereocenters. The summed E-state index contributed by atoms with van der Waals surface area (Å²) in [5.74, 6) is 0. The number of aromatic nitrogens is 1. The zero-order valence-corrected chi connectivity index (χ0v) is 13.1. The second-order valence-corrected chi connectivity index (χ2v) is 6.74. The van der Waals surface area contributed by atoms with Crippen molar-refractivity contribution in [3.63, 3.8) is 0 Å². The highest BCUT2D eigenvalue weighted by molar-refractivity contribution is 7.12. The molecule has 0 spiro atoms. The monoisotopic (exact) mass is 286 g/mol. The topological polar surface area (TPSA) is 24.9 Å². The third kappa shape index (κ3) is 2.79. The number of pyridine rings is 1. The van der Waals surface area contributed by atoms with Crippen LogP contribution in [0.5, 0.6) is 0 Å². The lowest BCUT2D eigenvalue weighted by Gasteiger charge is -2.17. The molecule has 0 saturated carbocycles. The molecule has 0 aliphatic heterocycles. The summed E-state index contributed by atoms with van der Waals surface area (Å²) in [5.41, 5.74) is 3.94. The van der Waals surface area contributed by atoms with E-state index in [1.807, 2.05) is 24.5 Å². The fourth-order valence-corrected chi connectivity index (χ4v) is 4.18. The molecule has 0 bridgehead atoms. The molecule has 2 nitrogen and oxygen atoms in total. The van der Waals surface area contributed by atoms with Crippen molar-refractivity contribution in [3.05, 3.63) is 51.0 Å². The Kier molecular flexibility index (Phi) is 4.18. The van der Waals surface area contributed by atoms with Crippen LogP contribution in [0.3, 0.4) is 0 Å². The van der Waals surface area contributed by atoms with Gasteiger partial charge in [0.05, 0.1) is 6.04 Å². The highest BCUT2D eigenvalue weighted by Crippen LogP contribution is 2.35. The zero-order valence-electron chi connectivity index (χ0n) is 12.3. The van der Waals surface area contributed by atoms with E-state index in [1.54, 1.807) is 10.4 Å². The van der Waals surface area contributed by atoms with E-state index >= 15 is 0 Å². The maximum Gasteiger partial charge on any atom is 0.0686 e. The van der Waals surface area contributed by atoms with Crippen molar-refractivity contribution in [2.24, 2.45) is 0 Å². The summed E-state index contributed by atoms with van der Waals surface area (Å²) in [4.78, 5) is 7.51. The SMILES string of the molecule is CCCNC(c1ccc(C)nc1)c1cc2c(s1)CCC2. The van der Waals surface area contributed by atoms with Crippen molar-refractivity contribution >= 4 is 11.3 Å². The maximum absolute atomic E-state index is 4.46. The van der Waals surface area contributed by atoms with Crippen molar-refractivity contribution in [3.8, 4) is 0 Å². The molecule has 0 amide bonds. The molecule has 1 aliphatic carbocycles. The summed E-state index contributed by atoms with van der Waals surface area (Å²) in [7, 11) is 0. The fraction of sp³-hybridized carbons (Fsp3) is 0.471. The number of hydrogen-bond donors (Lipinski definition) is 1. The Bertz CT molecular complexity index is 550. The Labute approximate surface area is 125 Å². The van der Waals surface area contributed by atoms with Crippen LogP contribution in [0.2, 0.25) is 0 Å². The van der Waals surface area contributed by atoms with E-state index < -0.39 is 0 Å². The van der Waals surface area contributed by atoms with Crippen molar-refractivity contribution in [1.82, 2.24) is 10.3 Å². The first-order valence-electron chi connectivity index (χ1n) is 7.55. The Morgan fingerprint density at radius 2 is 2.25 bits per heavy atom. The summed E-state index contributed by atoms with van der Waals surface area (Å²) >= 11 is 1.99. The van der Waals surface area contributed by atoms with Gasteiger partial charge < -0.3 is 5.32 Å². The van der Waals surface area contributed by atoms with Gasteiger partial charge in [-0.15, -0.1) is 11.3 Å². The summed E-state index contributed by atoms with van der Waals surface area (Å²) in [5, 5.41) is 3.68. The van der Waals surface area contributed by atoms with Gasteiger partial charge in [-0.05, 0) is 62.4 Å². The van der Waals surface area contributed by atoms with Crippen molar-refractivity contribution in [1.29, 1.82) is 0 Å². The minimum absolute atomic E-state index is 0.304. The number of aryl methyl sites for hydroxylation is 3. The van der Waals surface area contributed by atoms with Crippen molar-refractivity contribution in [2.45, 2.75) is 45.6 Å². The average molecular weight is 286 g/mol. The van der Waals surface area contributed by atoms with Crippen LogP contribution in [0.15, 0.2) is 24.4 Å². The average Bonchev–Trinajstić information content (AvgIpc) is 3.02. The van der Waals surface area contributed by atoms with Crippen LogP contribution < -0.4 is 5.32 Å². The highest BCUT2D eigenvalue weighted by atomic mass is 32.1. The lowest BCUT2D eigenvalue weighted by atomic mass is 10.1. The molecule has 106 valence electrons. The lowest BCUT2D eigenvalue weighted by molar-refractivity contribution is 0.603. The highest BCUT2D eigenvalue weighted by Gasteiger charge is 2.21. The molecule has 0 radical (unpaired) electrons. The van der Waals surface area contributed by atoms with Crippen LogP contribution in [0, 0.1) is 6.92 Å². The molecule has 3 heteroatoms. The molecule has 1 aliphatic rings. The Hall–Kier alpha value is -1.19. The van der Waals surface area contributed by atoms with Gasteiger partial charge >= 0.3 is 0 Å². The van der Waals surface area contributed by atoms with Crippen LogP contribution in [0.4, 0.5) is 0 Å². The molecule has 1 atom stereocenters. The minimum Gasteiger partial charge on any atom is -0.306 e. The van der Waals surface area contributed by atoms with E-state index in [-0.39, 0.29) is 0 Å². The normalized spacial score (nSPS) is 15.3. The zero-order chi connectivity index (χ0) is 13.9. The van der Waals surface area contributed by atoms with Gasteiger partial charge in [-0.3, -0.25) is 4.98 Å². The maximum atomic E-state index is 4.46. The van der Waals surface area contributed by atoms with Gasteiger partial charge in [-0.25, -0.2) is 0 Å². The molecule has 1 N–H and O–H groups in total. The minimum atomic E-state index is 0.304. The van der Waals surface area contributed by atoms with Crippen LogP contribution in [0.25, 0.3) is 0 Å². The summed E-state index contributed by atoms with van der Waals surface area (Å²) in [6.07, 6.45) is 7.04. The molecule has 2 heterocycles. The summed E-state index contributed by atoms with van der Waals surface area (Å²) in [6.45, 7) is 5.30. The molecule has 20 heavy (non-hydrogen) atoms. The van der Waals surface area contributed by atoms with Crippen molar-refractivity contribution < 1.29 is 0 Å². The third-order valence-corrected chi connectivity index (χ3v) is 5.22. The Balaban J connectivity index is 1.90. The third-order valence-electron chi connectivity index (χ3n) is 3.92. The predicted octanol–water partition coefficient (Wildman–Crippen LogP) is 4.03. The van der Waals surface area contributed by atoms with Gasteiger partial charge in [0.2, 0.25) is 0 Å². The van der Waals surface area contributed by atoms with Gasteiger partial charge in [-0.1, -0.05) is 13.0 Å². The lowest BCUT2D eigenvalue weighted by Crippen LogP contribution is -2.22. The largest absolute Gasteiger partial charge is 0.306 e. The molecule has 2 aromatic heterocycles. The van der Waals surface area contributed by atoms with Gasteiger partial charge in [0.15, 0.2) is 0 Å². The Morgan fingerprint density at radius 1 is 1.35 bits per heavy atom. The smallest absolute Gasteiger partial charge is 0.0686 e. The van der Waals surface area contributed by atoms with Crippen LogP contribution >= 0.6 is 11.3 Å². The van der Waals surface area contributed by atoms with E-state index in [2.05, 4.69) is 35.4 Å². The molecule has 0 aromatic carbocycles. The molecule has 0 fully saturated rings. The first kappa shape index (κ1) is 13.8. The van der Waals surface area contributed by atoms with E-state index in [1.165, 1.54) is 29.7 Å². The quantitative estimate of drug-likeness (QED) is 0.897. The number of hydrogen-bond acceptors (Lipinski definition) is 3. The van der Waals surface area contributed by atoms with Crippen LogP contribution in [-0.4, -0.2) is 11.5 Å². The number of fused-ring (bicyclic) bond motifs is 1. The van der Waals surface area contributed by atoms with Gasteiger partial charge in [0.1, 0.15) is 0 Å². The fourth-order valence-electron chi connectivity index (χ4n) is 2.82. The number of nitrogens with zero attached hydrogens (tertiary/aromatic N) is 1. The standard InChI is InChI=1S/C17H22N2S/c1-3-9-18-17(14-8-7-12(2)19-11-14)16-10-13-5-4-6-15(13)20-16/h7-8,10-11,17-18H,3-6,9H2,1-2H3. The van der Waals surface area contributed by atoms with Crippen LogP contribution in [-0.2, 0) is 12.8 Å². The van der Waals surface area contributed by atoms with E-state index in [0.717, 1.165) is 18.7 Å². The van der Waals surface area contributed by atoms with E-state index in [4.69, 9.17) is 0 Å². The predicted molar refractivity (Wildman–Crippen MR) is 85.5 cm³/mol. The molecule has 0 saturated heterocycles. The van der Waals surface area contributed by atoms with Gasteiger partial charge in [0.25, 0.3) is 0 Å². The van der Waals surface area contributed by atoms with Gasteiger partial charge in [-0.2, -0.15) is 0 Å². The second-order valence-electron chi connectivity index (χ2n) is 5.57. The van der Waals surface area contributed by atoms with E-state index in [0.29, 0.717) is 6.04 Å².